The molecule has 2 aliphatic rings. The number of carbonyl (C=O) groups excluding carboxylic acids is 1. The molecule has 0 aromatic carbocycles. The minimum atomic E-state index is -3.77. The number of nitrogens with one attached hydrogen (secondary N) is 2. The Morgan fingerprint density at radius 3 is 2.94 bits per heavy atom. The Labute approximate surface area is 107 Å². The second kappa shape index (κ2) is 5.41. The lowest BCUT2D eigenvalue weighted by Gasteiger charge is -2.24. The highest BCUT2D eigenvalue weighted by Gasteiger charge is 2.40. The van der Waals surface area contributed by atoms with E-state index in [4.69, 9.17) is 0 Å². The molecule has 2 atom stereocenters. The van der Waals surface area contributed by atoms with Gasteiger partial charge in [0.25, 0.3) is 0 Å². The standard InChI is InChI=1S/C10H19N3O4S/c1-2-17-10(14)12-18(15,16)13-6-8-4-3-5-11-9(8)7-13/h8-9,11H,2-7H2,1H3,(H,12,14)/t8-,9+/m0/s1. The summed E-state index contributed by atoms with van der Waals surface area (Å²) in [6.45, 7) is 3.58. The minimum absolute atomic E-state index is 0.147. The van der Waals surface area contributed by atoms with Crippen molar-refractivity contribution >= 4 is 16.3 Å². The Morgan fingerprint density at radius 2 is 2.28 bits per heavy atom. The lowest BCUT2D eigenvalue weighted by Crippen LogP contribution is -2.44. The zero-order valence-electron chi connectivity index (χ0n) is 10.4. The Kier molecular flexibility index (Phi) is 4.08. The molecule has 0 unspecified atom stereocenters. The van der Waals surface area contributed by atoms with Crippen LogP contribution in [0.4, 0.5) is 4.79 Å². The van der Waals surface area contributed by atoms with Crippen LogP contribution < -0.4 is 10.0 Å². The number of piperidine rings is 1. The summed E-state index contributed by atoms with van der Waals surface area (Å²) in [6, 6.07) is 0.206. The quantitative estimate of drug-likeness (QED) is 0.737. The molecule has 2 N–H and O–H groups in total. The highest BCUT2D eigenvalue weighted by molar-refractivity contribution is 7.87. The number of hydrogen-bond donors (Lipinski definition) is 2. The maximum atomic E-state index is 11.9. The summed E-state index contributed by atoms with van der Waals surface area (Å²) in [5.74, 6) is 0.345. The Hall–Kier alpha value is -0.860. The van der Waals surface area contributed by atoms with Crippen molar-refractivity contribution in [3.8, 4) is 0 Å². The summed E-state index contributed by atoms with van der Waals surface area (Å²) in [4.78, 5) is 11.2. The second-order valence-corrected chi connectivity index (χ2v) is 6.28. The molecule has 0 aromatic heterocycles. The normalized spacial score (nSPS) is 28.7. The van der Waals surface area contributed by atoms with Crippen LogP contribution in [-0.2, 0) is 14.9 Å². The summed E-state index contributed by atoms with van der Waals surface area (Å²) in [6.07, 6.45) is 1.18. The first-order valence-corrected chi connectivity index (χ1v) is 7.65. The molecule has 7 nitrogen and oxygen atoms in total. The van der Waals surface area contributed by atoms with Crippen LogP contribution in [-0.4, -0.2) is 51.1 Å². The summed E-state index contributed by atoms with van der Waals surface area (Å²) in [5.41, 5.74) is 0. The van der Waals surface area contributed by atoms with Gasteiger partial charge in [0, 0.05) is 19.1 Å². The first kappa shape index (κ1) is 13.6. The molecule has 0 radical (unpaired) electrons. The van der Waals surface area contributed by atoms with Crippen molar-refractivity contribution in [2.75, 3.05) is 26.2 Å². The van der Waals surface area contributed by atoms with Gasteiger partial charge in [0.1, 0.15) is 0 Å². The summed E-state index contributed by atoms with van der Waals surface area (Å²) < 4.78 is 31.7. The van der Waals surface area contributed by atoms with Crippen LogP contribution in [0.5, 0.6) is 0 Å². The van der Waals surface area contributed by atoms with E-state index in [2.05, 4.69) is 10.1 Å². The van der Waals surface area contributed by atoms with E-state index >= 15 is 0 Å². The lowest BCUT2D eigenvalue weighted by atomic mass is 9.94. The van der Waals surface area contributed by atoms with Crippen LogP contribution in [0.2, 0.25) is 0 Å². The number of fused-ring (bicyclic) bond motifs is 1. The monoisotopic (exact) mass is 277 g/mol. The fraction of sp³-hybridized carbons (Fsp3) is 0.900. The van der Waals surface area contributed by atoms with Crippen LogP contribution in [0.15, 0.2) is 0 Å². The van der Waals surface area contributed by atoms with Crippen LogP contribution in [0, 0.1) is 5.92 Å². The van der Waals surface area contributed by atoms with E-state index in [0.29, 0.717) is 19.0 Å². The van der Waals surface area contributed by atoms with Crippen LogP contribution in [0.25, 0.3) is 0 Å². The molecule has 1 amide bonds. The third kappa shape index (κ3) is 2.93. The molecule has 104 valence electrons. The predicted molar refractivity (Wildman–Crippen MR) is 65.2 cm³/mol. The van der Waals surface area contributed by atoms with Gasteiger partial charge in [-0.05, 0) is 32.2 Å². The molecule has 8 heteroatoms. The largest absolute Gasteiger partial charge is 0.449 e. The van der Waals surface area contributed by atoms with Gasteiger partial charge in [-0.15, -0.1) is 0 Å². The van der Waals surface area contributed by atoms with E-state index in [9.17, 15) is 13.2 Å². The number of rotatable bonds is 3. The van der Waals surface area contributed by atoms with Gasteiger partial charge in [0.2, 0.25) is 0 Å². The molecule has 2 saturated heterocycles. The molecule has 0 bridgehead atoms. The van der Waals surface area contributed by atoms with Crippen LogP contribution in [0.1, 0.15) is 19.8 Å². The van der Waals surface area contributed by atoms with Gasteiger partial charge in [-0.25, -0.2) is 9.52 Å². The highest BCUT2D eigenvalue weighted by Crippen LogP contribution is 2.26. The molecule has 0 aromatic rings. The van der Waals surface area contributed by atoms with Gasteiger partial charge in [-0.2, -0.15) is 12.7 Å². The van der Waals surface area contributed by atoms with Gasteiger partial charge in [0.05, 0.1) is 6.61 Å². The van der Waals surface area contributed by atoms with Crippen molar-refractivity contribution in [1.82, 2.24) is 14.3 Å². The van der Waals surface area contributed by atoms with Crippen molar-refractivity contribution < 1.29 is 17.9 Å². The molecule has 2 heterocycles. The first-order valence-electron chi connectivity index (χ1n) is 6.21. The SMILES string of the molecule is CCOC(=O)NS(=O)(=O)N1C[C@@H]2CCCN[C@@H]2C1. The maximum Gasteiger partial charge on any atom is 0.421 e. The Bertz CT molecular complexity index is 397. The van der Waals surface area contributed by atoms with Gasteiger partial charge in [0.15, 0.2) is 0 Å². The van der Waals surface area contributed by atoms with Crippen molar-refractivity contribution in [1.29, 1.82) is 0 Å². The van der Waals surface area contributed by atoms with Gasteiger partial charge in [-0.3, -0.25) is 0 Å². The third-order valence-electron chi connectivity index (χ3n) is 3.39. The molecule has 2 rings (SSSR count). The summed E-state index contributed by atoms with van der Waals surface area (Å²) >= 11 is 0. The second-order valence-electron chi connectivity index (χ2n) is 4.61. The molecular formula is C10H19N3O4S. The smallest absolute Gasteiger partial charge is 0.421 e. The van der Waals surface area contributed by atoms with Crippen molar-refractivity contribution in [2.45, 2.75) is 25.8 Å². The van der Waals surface area contributed by atoms with Gasteiger partial charge >= 0.3 is 16.3 Å². The molecule has 2 fully saturated rings. The molecule has 0 aliphatic carbocycles. The zero-order valence-corrected chi connectivity index (χ0v) is 11.2. The van der Waals surface area contributed by atoms with E-state index < -0.39 is 16.3 Å². The summed E-state index contributed by atoms with van der Waals surface area (Å²) in [7, 11) is -3.77. The zero-order chi connectivity index (χ0) is 13.2. The average molecular weight is 277 g/mol. The van der Waals surface area contributed by atoms with Gasteiger partial charge < -0.3 is 10.1 Å². The Balaban J connectivity index is 1.96. The van der Waals surface area contributed by atoms with E-state index in [-0.39, 0.29) is 12.6 Å². The Morgan fingerprint density at radius 1 is 1.50 bits per heavy atom. The number of nitrogens with zero attached hydrogens (tertiary/aromatic N) is 1. The maximum absolute atomic E-state index is 11.9. The molecule has 0 saturated carbocycles. The molecular weight excluding hydrogens is 258 g/mol. The number of amides is 1. The number of carbonyl (C=O) groups is 1. The van der Waals surface area contributed by atoms with Crippen LogP contribution >= 0.6 is 0 Å². The predicted octanol–water partition coefficient (Wildman–Crippen LogP) is -0.339. The van der Waals surface area contributed by atoms with Crippen molar-refractivity contribution in [3.63, 3.8) is 0 Å². The highest BCUT2D eigenvalue weighted by atomic mass is 32.2. The van der Waals surface area contributed by atoms with Gasteiger partial charge in [-0.1, -0.05) is 0 Å². The van der Waals surface area contributed by atoms with E-state index in [1.165, 1.54) is 4.31 Å². The van der Waals surface area contributed by atoms with Crippen molar-refractivity contribution in [2.24, 2.45) is 5.92 Å². The number of ether oxygens (including phenoxy) is 1. The average Bonchev–Trinajstić information content (AvgIpc) is 2.72. The van der Waals surface area contributed by atoms with Crippen molar-refractivity contribution in [3.05, 3.63) is 0 Å². The molecule has 2 aliphatic heterocycles. The first-order chi connectivity index (χ1) is 8.53. The molecule has 0 spiro atoms. The van der Waals surface area contributed by atoms with E-state index in [1.54, 1.807) is 6.92 Å². The fourth-order valence-electron chi connectivity index (χ4n) is 2.53. The fourth-order valence-corrected chi connectivity index (χ4v) is 3.68. The van der Waals surface area contributed by atoms with E-state index in [0.717, 1.165) is 19.4 Å². The molecule has 18 heavy (non-hydrogen) atoms. The number of hydrogen-bond acceptors (Lipinski definition) is 5. The van der Waals surface area contributed by atoms with E-state index in [1.807, 2.05) is 4.72 Å². The third-order valence-corrected chi connectivity index (χ3v) is 4.80. The lowest BCUT2D eigenvalue weighted by molar-refractivity contribution is 0.158. The summed E-state index contributed by atoms with van der Waals surface area (Å²) in [5, 5.41) is 3.31. The minimum Gasteiger partial charge on any atom is -0.449 e. The topological polar surface area (TPSA) is 87.7 Å². The van der Waals surface area contributed by atoms with Crippen LogP contribution in [0.3, 0.4) is 0 Å².